The van der Waals surface area contributed by atoms with Crippen LogP contribution in [0.5, 0.6) is 0 Å². The normalized spacial score (nSPS) is 10.7. The number of rotatable bonds is 2. The van der Waals surface area contributed by atoms with Gasteiger partial charge in [-0.05, 0) is 41.8 Å². The fraction of sp³-hybridized carbons (Fsp3) is 0.0588. The molecule has 3 rings (SSSR count). The van der Waals surface area contributed by atoms with Crippen LogP contribution in [0.1, 0.15) is 10.4 Å². The van der Waals surface area contributed by atoms with Crippen molar-refractivity contribution in [2.24, 2.45) is 0 Å². The topological polar surface area (TPSA) is 39.2 Å². The van der Waals surface area contributed by atoms with Crippen molar-refractivity contribution in [3.8, 4) is 11.3 Å². The van der Waals surface area contributed by atoms with Crippen LogP contribution in [0, 0.1) is 5.82 Å². The Morgan fingerprint density at radius 3 is 2.73 bits per heavy atom. The highest BCUT2D eigenvalue weighted by atomic mass is 35.5. The number of nitrogens with zero attached hydrogens (tertiary/aromatic N) is 1. The number of ether oxygens (including phenoxy) is 1. The Hall–Kier alpha value is -2.46. The average molecular weight is 316 g/mol. The number of benzene rings is 2. The van der Waals surface area contributed by atoms with E-state index < -0.39 is 11.8 Å². The molecule has 0 N–H and O–H groups in total. The second kappa shape index (κ2) is 5.73. The number of methoxy groups -OCH3 is 1. The smallest absolute Gasteiger partial charge is 0.337 e. The van der Waals surface area contributed by atoms with E-state index in [1.807, 2.05) is 0 Å². The summed E-state index contributed by atoms with van der Waals surface area (Å²) >= 11 is 5.79. The van der Waals surface area contributed by atoms with E-state index in [-0.39, 0.29) is 0 Å². The number of pyridine rings is 1. The minimum Gasteiger partial charge on any atom is -0.465 e. The molecule has 2 aromatic carbocycles. The van der Waals surface area contributed by atoms with E-state index in [2.05, 4.69) is 4.98 Å². The largest absolute Gasteiger partial charge is 0.465 e. The fourth-order valence-corrected chi connectivity index (χ4v) is 2.47. The van der Waals surface area contributed by atoms with Gasteiger partial charge < -0.3 is 4.74 Å². The van der Waals surface area contributed by atoms with Crippen LogP contribution in [0.3, 0.4) is 0 Å². The second-order valence-corrected chi connectivity index (χ2v) is 5.15. The van der Waals surface area contributed by atoms with Crippen molar-refractivity contribution in [2.75, 3.05) is 7.11 Å². The summed E-state index contributed by atoms with van der Waals surface area (Å²) in [5.74, 6) is -0.913. The van der Waals surface area contributed by atoms with Crippen LogP contribution in [0.25, 0.3) is 22.0 Å². The Balaban J connectivity index is 2.26. The van der Waals surface area contributed by atoms with Crippen LogP contribution in [-0.2, 0) is 4.74 Å². The number of carbonyl (C=O) groups excluding carboxylic acids is 1. The van der Waals surface area contributed by atoms with Crippen molar-refractivity contribution in [3.05, 3.63) is 65.1 Å². The van der Waals surface area contributed by atoms with E-state index in [1.165, 1.54) is 13.2 Å². The van der Waals surface area contributed by atoms with Crippen molar-refractivity contribution >= 4 is 28.3 Å². The number of esters is 1. The van der Waals surface area contributed by atoms with Crippen molar-refractivity contribution in [3.63, 3.8) is 0 Å². The molecule has 0 fully saturated rings. The average Bonchev–Trinajstić information content (AvgIpc) is 2.53. The molecular formula is C17H11ClFNO2. The molecule has 3 aromatic rings. The fourth-order valence-electron chi connectivity index (χ4n) is 2.31. The van der Waals surface area contributed by atoms with Crippen molar-refractivity contribution in [1.29, 1.82) is 0 Å². The lowest BCUT2D eigenvalue weighted by Crippen LogP contribution is -2.01. The number of aromatic nitrogens is 1. The first-order valence-corrected chi connectivity index (χ1v) is 6.90. The molecule has 1 aromatic heterocycles. The van der Waals surface area contributed by atoms with Crippen LogP contribution < -0.4 is 0 Å². The van der Waals surface area contributed by atoms with E-state index in [0.717, 1.165) is 5.39 Å². The maximum atomic E-state index is 14.2. The maximum absolute atomic E-state index is 14.2. The van der Waals surface area contributed by atoms with Crippen molar-refractivity contribution in [2.45, 2.75) is 0 Å². The first-order valence-electron chi connectivity index (χ1n) is 6.52. The van der Waals surface area contributed by atoms with Gasteiger partial charge in [-0.3, -0.25) is 4.98 Å². The zero-order chi connectivity index (χ0) is 15.7. The quantitative estimate of drug-likeness (QED) is 0.654. The van der Waals surface area contributed by atoms with E-state index >= 15 is 0 Å². The summed E-state index contributed by atoms with van der Waals surface area (Å²) in [5.41, 5.74) is 1.17. The third-order valence-corrected chi connectivity index (χ3v) is 3.61. The van der Waals surface area contributed by atoms with Crippen LogP contribution in [0.4, 0.5) is 4.39 Å². The molecule has 0 unspecified atom stereocenters. The molecule has 0 atom stereocenters. The highest BCUT2D eigenvalue weighted by Crippen LogP contribution is 2.30. The predicted octanol–water partition coefficient (Wildman–Crippen LogP) is 4.48. The molecule has 22 heavy (non-hydrogen) atoms. The molecule has 0 radical (unpaired) electrons. The van der Waals surface area contributed by atoms with Gasteiger partial charge in [0.15, 0.2) is 0 Å². The highest BCUT2D eigenvalue weighted by Gasteiger charge is 2.13. The van der Waals surface area contributed by atoms with Gasteiger partial charge >= 0.3 is 5.97 Å². The van der Waals surface area contributed by atoms with Gasteiger partial charge in [0.05, 0.1) is 18.4 Å². The molecule has 0 aliphatic heterocycles. The Morgan fingerprint density at radius 1 is 1.18 bits per heavy atom. The van der Waals surface area contributed by atoms with Gasteiger partial charge in [0, 0.05) is 22.2 Å². The molecule has 0 aliphatic carbocycles. The number of hydrogen-bond acceptors (Lipinski definition) is 3. The van der Waals surface area contributed by atoms with Gasteiger partial charge in [0.25, 0.3) is 0 Å². The van der Waals surface area contributed by atoms with Gasteiger partial charge in [0.2, 0.25) is 0 Å². The molecule has 0 amide bonds. The molecule has 0 saturated carbocycles. The molecule has 3 nitrogen and oxygen atoms in total. The summed E-state index contributed by atoms with van der Waals surface area (Å²) in [6, 6.07) is 11.3. The SMILES string of the molecule is COC(=O)c1ccc2ccnc(-c3ccc(Cl)cc3F)c2c1. The summed E-state index contributed by atoms with van der Waals surface area (Å²) in [6.07, 6.45) is 1.60. The third kappa shape index (κ3) is 2.53. The molecule has 0 bridgehead atoms. The van der Waals surface area contributed by atoms with Crippen LogP contribution in [0.2, 0.25) is 5.02 Å². The van der Waals surface area contributed by atoms with Crippen LogP contribution in [-0.4, -0.2) is 18.1 Å². The number of carbonyl (C=O) groups is 1. The summed E-state index contributed by atoms with van der Waals surface area (Å²) in [6.45, 7) is 0. The van der Waals surface area contributed by atoms with Crippen LogP contribution >= 0.6 is 11.6 Å². The minimum absolute atomic E-state index is 0.316. The molecule has 0 spiro atoms. The molecular weight excluding hydrogens is 305 g/mol. The van der Waals surface area contributed by atoms with E-state index in [9.17, 15) is 9.18 Å². The Bertz CT molecular complexity index is 880. The monoisotopic (exact) mass is 315 g/mol. The van der Waals surface area contributed by atoms with E-state index in [0.29, 0.717) is 27.2 Å². The number of hydrogen-bond donors (Lipinski definition) is 0. The van der Waals surface area contributed by atoms with Gasteiger partial charge in [-0.2, -0.15) is 0 Å². The van der Waals surface area contributed by atoms with Crippen LogP contribution in [0.15, 0.2) is 48.7 Å². The van der Waals surface area contributed by atoms with Gasteiger partial charge in [-0.1, -0.05) is 17.7 Å². The zero-order valence-electron chi connectivity index (χ0n) is 11.6. The standard InChI is InChI=1S/C17H11ClFNO2/c1-22-17(21)11-3-2-10-6-7-20-16(14(10)8-11)13-5-4-12(18)9-15(13)19/h2-9H,1H3. The van der Waals surface area contributed by atoms with Gasteiger partial charge in [-0.25, -0.2) is 9.18 Å². The molecule has 110 valence electrons. The maximum Gasteiger partial charge on any atom is 0.337 e. The molecule has 5 heteroatoms. The highest BCUT2D eigenvalue weighted by molar-refractivity contribution is 6.30. The summed E-state index contributed by atoms with van der Waals surface area (Å²) < 4.78 is 18.9. The Labute approximate surface area is 131 Å². The third-order valence-electron chi connectivity index (χ3n) is 3.37. The molecule has 0 saturated heterocycles. The number of fused-ring (bicyclic) bond motifs is 1. The summed E-state index contributed by atoms with van der Waals surface area (Å²) in [5, 5.41) is 1.84. The predicted molar refractivity (Wildman–Crippen MR) is 83.5 cm³/mol. The lowest BCUT2D eigenvalue weighted by molar-refractivity contribution is 0.0601. The van der Waals surface area contributed by atoms with E-state index in [4.69, 9.17) is 16.3 Å². The lowest BCUT2D eigenvalue weighted by Gasteiger charge is -2.08. The minimum atomic E-state index is -0.462. The first-order chi connectivity index (χ1) is 10.6. The Kier molecular flexibility index (Phi) is 3.77. The zero-order valence-corrected chi connectivity index (χ0v) is 12.4. The van der Waals surface area contributed by atoms with Crippen molar-refractivity contribution < 1.29 is 13.9 Å². The second-order valence-electron chi connectivity index (χ2n) is 4.71. The Morgan fingerprint density at radius 2 is 2.00 bits per heavy atom. The molecule has 1 heterocycles. The summed E-state index contributed by atoms with van der Waals surface area (Å²) in [4.78, 5) is 15.9. The number of halogens is 2. The lowest BCUT2D eigenvalue weighted by atomic mass is 10.0. The molecule has 0 aliphatic rings. The van der Waals surface area contributed by atoms with Gasteiger partial charge in [0.1, 0.15) is 5.82 Å². The first kappa shape index (κ1) is 14.5. The van der Waals surface area contributed by atoms with Crippen molar-refractivity contribution in [1.82, 2.24) is 4.98 Å². The summed E-state index contributed by atoms with van der Waals surface area (Å²) in [7, 11) is 1.32. The van der Waals surface area contributed by atoms with E-state index in [1.54, 1.807) is 42.6 Å². The van der Waals surface area contributed by atoms with Gasteiger partial charge in [-0.15, -0.1) is 0 Å².